The molecule has 0 unspecified atom stereocenters. The van der Waals surface area contributed by atoms with Crippen molar-refractivity contribution in [3.05, 3.63) is 36.5 Å². The number of hydrogen-bond acceptors (Lipinski definition) is 5. The van der Waals surface area contributed by atoms with Crippen molar-refractivity contribution in [3.63, 3.8) is 0 Å². The van der Waals surface area contributed by atoms with Crippen LogP contribution in [-0.2, 0) is 9.47 Å². The Morgan fingerprint density at radius 3 is 2.65 bits per heavy atom. The van der Waals surface area contributed by atoms with Gasteiger partial charge in [0.25, 0.3) is 0 Å². The molecule has 31 heavy (non-hydrogen) atoms. The van der Waals surface area contributed by atoms with Gasteiger partial charge in [0.2, 0.25) is 0 Å². The third-order valence-corrected chi connectivity index (χ3v) is 8.59. The van der Waals surface area contributed by atoms with Gasteiger partial charge in [-0.1, -0.05) is 56.7 Å². The lowest BCUT2D eigenvalue weighted by atomic mass is 9.46. The first kappa shape index (κ1) is 24.7. The van der Waals surface area contributed by atoms with E-state index in [0.29, 0.717) is 18.4 Å². The molecule has 8 atom stereocenters. The Hall–Kier alpha value is -0.980. The Morgan fingerprint density at radius 1 is 1.26 bits per heavy atom. The van der Waals surface area contributed by atoms with Crippen molar-refractivity contribution >= 4 is 0 Å². The highest BCUT2D eigenvalue weighted by atomic mass is 16.7. The van der Waals surface area contributed by atoms with E-state index in [1.165, 1.54) is 36.8 Å². The first-order valence-electron chi connectivity index (χ1n) is 11.9. The van der Waals surface area contributed by atoms with Crippen molar-refractivity contribution in [3.8, 4) is 0 Å². The van der Waals surface area contributed by atoms with Crippen molar-refractivity contribution in [1.82, 2.24) is 0 Å². The molecule has 0 bridgehead atoms. The molecule has 0 aromatic rings. The summed E-state index contributed by atoms with van der Waals surface area (Å²) in [5.74, 6) is 1.08. The van der Waals surface area contributed by atoms with Crippen LogP contribution >= 0.6 is 0 Å². The van der Waals surface area contributed by atoms with E-state index in [1.807, 2.05) is 6.08 Å². The minimum Gasteiger partial charge on any atom is -0.394 e. The largest absolute Gasteiger partial charge is 0.394 e. The van der Waals surface area contributed by atoms with Crippen LogP contribution in [0.3, 0.4) is 0 Å². The Labute approximate surface area is 187 Å². The van der Waals surface area contributed by atoms with E-state index in [0.717, 1.165) is 19.3 Å². The van der Waals surface area contributed by atoms with E-state index in [1.54, 1.807) is 0 Å². The molecule has 0 aromatic carbocycles. The number of fused-ring (bicyclic) bond motifs is 1. The van der Waals surface area contributed by atoms with Crippen molar-refractivity contribution in [1.29, 1.82) is 0 Å². The van der Waals surface area contributed by atoms with Crippen LogP contribution in [-0.4, -0.2) is 53.1 Å². The highest BCUT2D eigenvalue weighted by Gasteiger charge is 2.54. The number of aliphatic hydroxyl groups is 3. The van der Waals surface area contributed by atoms with Gasteiger partial charge >= 0.3 is 0 Å². The molecule has 176 valence electrons. The van der Waals surface area contributed by atoms with Crippen molar-refractivity contribution in [2.45, 2.75) is 90.3 Å². The summed E-state index contributed by atoms with van der Waals surface area (Å²) in [6.45, 7) is 15.5. The fourth-order valence-electron chi connectivity index (χ4n) is 6.62. The third-order valence-electron chi connectivity index (χ3n) is 8.59. The molecule has 0 aromatic heterocycles. The molecule has 5 nitrogen and oxygen atoms in total. The first-order valence-corrected chi connectivity index (χ1v) is 11.9. The van der Waals surface area contributed by atoms with Gasteiger partial charge in [0.05, 0.1) is 13.2 Å². The summed E-state index contributed by atoms with van der Waals surface area (Å²) in [5.41, 5.74) is 2.99. The number of rotatable bonds is 8. The lowest BCUT2D eigenvalue weighted by Gasteiger charge is -2.59. The standard InChI is InChI=1S/C26H42O5/c1-6-17(2)8-10-19-18(3)9-11-21-25(4,12-7-13-26(19,21)5)14-15-30-24-23(29)22(28)20(16-27)31-24/h6,8,19-24,27-29H,1,3,7,9-16H2,2,4-5H3/b17-8-/t19-,20+,21-,22+,23-,24-,25-,26+/m1/s1. The highest BCUT2D eigenvalue weighted by molar-refractivity contribution is 5.20. The SMILES string of the molecule is C=C/C(C)=C\C[C@@H]1C(=C)CC[C@@H]2[C@@](C)(CCO[C@@H]3O[C@@H](CO)[C@H](O)[C@H]3O)CCC[C@@]12C. The maximum absolute atomic E-state index is 10.1. The van der Waals surface area contributed by atoms with Crippen LogP contribution in [0.25, 0.3) is 0 Å². The van der Waals surface area contributed by atoms with Crippen LogP contribution in [0.15, 0.2) is 36.5 Å². The van der Waals surface area contributed by atoms with Gasteiger partial charge in [0, 0.05) is 0 Å². The van der Waals surface area contributed by atoms with Gasteiger partial charge in [0.15, 0.2) is 6.29 Å². The van der Waals surface area contributed by atoms with Gasteiger partial charge in [-0.2, -0.15) is 0 Å². The van der Waals surface area contributed by atoms with Gasteiger partial charge in [-0.3, -0.25) is 0 Å². The molecule has 0 spiro atoms. The first-order chi connectivity index (χ1) is 14.7. The van der Waals surface area contributed by atoms with E-state index in [4.69, 9.17) is 9.47 Å². The second-order valence-corrected chi connectivity index (χ2v) is 10.5. The number of aliphatic hydroxyl groups excluding tert-OH is 3. The summed E-state index contributed by atoms with van der Waals surface area (Å²) in [7, 11) is 0. The molecule has 1 saturated heterocycles. The number of hydrogen-bond donors (Lipinski definition) is 3. The summed E-state index contributed by atoms with van der Waals surface area (Å²) in [5, 5.41) is 29.4. The summed E-state index contributed by atoms with van der Waals surface area (Å²) >= 11 is 0. The number of ether oxygens (including phenoxy) is 2. The molecule has 1 aliphatic heterocycles. The van der Waals surface area contributed by atoms with Crippen LogP contribution in [0.4, 0.5) is 0 Å². The molecule has 0 amide bonds. The van der Waals surface area contributed by atoms with Gasteiger partial charge in [-0.15, -0.1) is 0 Å². The van der Waals surface area contributed by atoms with Gasteiger partial charge in [-0.05, 0) is 68.1 Å². The quantitative estimate of drug-likeness (QED) is 0.395. The minimum absolute atomic E-state index is 0.154. The van der Waals surface area contributed by atoms with Gasteiger partial charge in [-0.25, -0.2) is 0 Å². The zero-order valence-corrected chi connectivity index (χ0v) is 19.6. The fourth-order valence-corrected chi connectivity index (χ4v) is 6.62. The van der Waals surface area contributed by atoms with Crippen LogP contribution in [0, 0.1) is 22.7 Å². The van der Waals surface area contributed by atoms with Crippen LogP contribution in [0.2, 0.25) is 0 Å². The van der Waals surface area contributed by atoms with E-state index in [-0.39, 0.29) is 17.4 Å². The predicted octanol–water partition coefficient (Wildman–Crippen LogP) is 4.13. The van der Waals surface area contributed by atoms with Crippen molar-refractivity contribution < 1.29 is 24.8 Å². The smallest absolute Gasteiger partial charge is 0.186 e. The predicted molar refractivity (Wildman–Crippen MR) is 122 cm³/mol. The summed E-state index contributed by atoms with van der Waals surface area (Å²) in [6, 6.07) is 0. The van der Waals surface area contributed by atoms with Crippen LogP contribution in [0.1, 0.15) is 65.7 Å². The molecular weight excluding hydrogens is 392 g/mol. The lowest BCUT2D eigenvalue weighted by molar-refractivity contribution is -0.177. The molecule has 2 saturated carbocycles. The number of allylic oxidation sites excluding steroid dienone is 4. The molecule has 2 aliphatic carbocycles. The molecule has 5 heteroatoms. The Balaban J connectivity index is 1.67. The zero-order chi connectivity index (χ0) is 22.8. The second-order valence-electron chi connectivity index (χ2n) is 10.5. The monoisotopic (exact) mass is 434 g/mol. The maximum Gasteiger partial charge on any atom is 0.186 e. The average molecular weight is 435 g/mol. The molecule has 3 aliphatic rings. The Kier molecular flexibility index (Phi) is 7.86. The highest BCUT2D eigenvalue weighted by Crippen LogP contribution is 2.62. The van der Waals surface area contributed by atoms with E-state index in [2.05, 4.69) is 40.0 Å². The lowest BCUT2D eigenvalue weighted by Crippen LogP contribution is -2.50. The van der Waals surface area contributed by atoms with Crippen LogP contribution < -0.4 is 0 Å². The summed E-state index contributed by atoms with van der Waals surface area (Å²) < 4.78 is 11.3. The Bertz CT molecular complexity index is 687. The van der Waals surface area contributed by atoms with Gasteiger partial charge in [0.1, 0.15) is 18.3 Å². The van der Waals surface area contributed by atoms with E-state index >= 15 is 0 Å². The topological polar surface area (TPSA) is 79.2 Å². The second kappa shape index (κ2) is 9.88. The third kappa shape index (κ3) is 4.86. The Morgan fingerprint density at radius 2 is 2.00 bits per heavy atom. The van der Waals surface area contributed by atoms with Gasteiger partial charge < -0.3 is 24.8 Å². The van der Waals surface area contributed by atoms with Crippen LogP contribution in [0.5, 0.6) is 0 Å². The van der Waals surface area contributed by atoms with E-state index < -0.39 is 24.6 Å². The molecular formula is C26H42O5. The normalized spacial score (nSPS) is 43.7. The maximum atomic E-state index is 10.1. The minimum atomic E-state index is -1.12. The van der Waals surface area contributed by atoms with Crippen molar-refractivity contribution in [2.24, 2.45) is 22.7 Å². The molecule has 1 heterocycles. The molecule has 3 rings (SSSR count). The van der Waals surface area contributed by atoms with Crippen molar-refractivity contribution in [2.75, 3.05) is 13.2 Å². The molecule has 3 fully saturated rings. The average Bonchev–Trinajstić information content (AvgIpc) is 3.00. The fraction of sp³-hybridized carbons (Fsp3) is 0.769. The van der Waals surface area contributed by atoms with E-state index in [9.17, 15) is 15.3 Å². The summed E-state index contributed by atoms with van der Waals surface area (Å²) in [4.78, 5) is 0. The zero-order valence-electron chi connectivity index (χ0n) is 19.6. The molecule has 3 N–H and O–H groups in total. The summed E-state index contributed by atoms with van der Waals surface area (Å²) in [6.07, 6.45) is 8.11. The molecule has 0 radical (unpaired) electrons.